The molecule has 0 bridgehead atoms. The monoisotopic (exact) mass is 207 g/mol. The highest BCUT2D eigenvalue weighted by molar-refractivity contribution is 5.58. The van der Waals surface area contributed by atoms with E-state index >= 15 is 0 Å². The Balaban J connectivity index is 2.13. The first-order valence-electron chi connectivity index (χ1n) is 4.97. The lowest BCUT2D eigenvalue weighted by atomic mass is 10.1. The largest absolute Gasteiger partial charge is 0.506 e. The van der Waals surface area contributed by atoms with Gasteiger partial charge >= 0.3 is 6.16 Å². The van der Waals surface area contributed by atoms with Gasteiger partial charge in [0.05, 0.1) is 0 Å². The molecule has 0 aliphatic carbocycles. The molecule has 1 aromatic rings. The molecule has 2 N–H and O–H groups in total. The van der Waals surface area contributed by atoms with Crippen molar-refractivity contribution in [2.75, 3.05) is 11.9 Å². The second kappa shape index (κ2) is 4.21. The van der Waals surface area contributed by atoms with E-state index in [1.807, 2.05) is 24.3 Å². The fourth-order valence-electron chi connectivity index (χ4n) is 1.83. The Morgan fingerprint density at radius 2 is 2.27 bits per heavy atom. The van der Waals surface area contributed by atoms with E-state index in [1.54, 1.807) is 0 Å². The smallest absolute Gasteiger partial charge is 0.450 e. The van der Waals surface area contributed by atoms with Gasteiger partial charge in [-0.2, -0.15) is 0 Å². The summed E-state index contributed by atoms with van der Waals surface area (Å²) in [7, 11) is 0. The molecule has 1 unspecified atom stereocenters. The number of rotatable bonds is 1. The maximum Gasteiger partial charge on any atom is 0.506 e. The molecule has 15 heavy (non-hydrogen) atoms. The van der Waals surface area contributed by atoms with Crippen LogP contribution in [0.1, 0.15) is 12.0 Å². The highest BCUT2D eigenvalue weighted by atomic mass is 16.7. The van der Waals surface area contributed by atoms with Crippen LogP contribution >= 0.6 is 0 Å². The summed E-state index contributed by atoms with van der Waals surface area (Å²) in [5.41, 5.74) is 2.19. The molecule has 0 radical (unpaired) electrons. The predicted octanol–water partition coefficient (Wildman–Crippen LogP) is 2.11. The minimum absolute atomic E-state index is 0.237. The first kappa shape index (κ1) is 9.83. The predicted molar refractivity (Wildman–Crippen MR) is 56.2 cm³/mol. The number of benzene rings is 1. The van der Waals surface area contributed by atoms with Crippen LogP contribution in [0.15, 0.2) is 24.3 Å². The number of carbonyl (C=O) groups is 1. The van der Waals surface area contributed by atoms with Crippen LogP contribution in [0.5, 0.6) is 0 Å². The lowest BCUT2D eigenvalue weighted by Gasteiger charge is -2.12. The molecule has 1 aliphatic heterocycles. The normalized spacial score (nSPS) is 19.6. The van der Waals surface area contributed by atoms with Crippen molar-refractivity contribution >= 4 is 11.8 Å². The molecule has 0 aromatic heterocycles. The van der Waals surface area contributed by atoms with Gasteiger partial charge in [-0.05, 0) is 11.6 Å². The minimum Gasteiger partial charge on any atom is -0.450 e. The maximum atomic E-state index is 10.4. The van der Waals surface area contributed by atoms with Crippen LogP contribution in [0.25, 0.3) is 0 Å². The van der Waals surface area contributed by atoms with Crippen molar-refractivity contribution in [2.45, 2.75) is 18.9 Å². The van der Waals surface area contributed by atoms with Crippen molar-refractivity contribution in [2.24, 2.45) is 0 Å². The quantitative estimate of drug-likeness (QED) is 0.692. The molecule has 0 spiro atoms. The fraction of sp³-hybridized carbons (Fsp3) is 0.364. The van der Waals surface area contributed by atoms with Gasteiger partial charge in [-0.15, -0.1) is 0 Å². The maximum absolute atomic E-state index is 10.4. The Bertz CT molecular complexity index is 365. The van der Waals surface area contributed by atoms with E-state index in [2.05, 4.69) is 5.32 Å². The van der Waals surface area contributed by atoms with E-state index in [-0.39, 0.29) is 6.10 Å². The third-order valence-electron chi connectivity index (χ3n) is 2.51. The summed E-state index contributed by atoms with van der Waals surface area (Å²) >= 11 is 0. The molecule has 1 aromatic carbocycles. The molecule has 2 rings (SSSR count). The Kier molecular flexibility index (Phi) is 2.76. The molecule has 1 aliphatic rings. The summed E-state index contributed by atoms with van der Waals surface area (Å²) in [5.74, 6) is 0. The van der Waals surface area contributed by atoms with Gasteiger partial charge in [-0.1, -0.05) is 18.2 Å². The second-order valence-corrected chi connectivity index (χ2v) is 3.58. The fourth-order valence-corrected chi connectivity index (χ4v) is 1.83. The third-order valence-corrected chi connectivity index (χ3v) is 2.51. The molecular weight excluding hydrogens is 194 g/mol. The Hall–Kier alpha value is -1.71. The van der Waals surface area contributed by atoms with E-state index in [0.717, 1.165) is 17.8 Å². The van der Waals surface area contributed by atoms with E-state index in [9.17, 15) is 4.79 Å². The molecular formula is C11H13NO3. The van der Waals surface area contributed by atoms with Crippen molar-refractivity contribution in [3.05, 3.63) is 29.8 Å². The average Bonchev–Trinajstić information content (AvgIpc) is 2.38. The van der Waals surface area contributed by atoms with Crippen LogP contribution in [-0.4, -0.2) is 23.9 Å². The number of para-hydroxylation sites is 1. The lowest BCUT2D eigenvalue weighted by Crippen LogP contribution is -2.20. The molecule has 0 amide bonds. The summed E-state index contributed by atoms with van der Waals surface area (Å²) in [6.07, 6.45) is -0.0748. The SMILES string of the molecule is O=C(O)OC1CCNc2ccccc2C1. The summed E-state index contributed by atoms with van der Waals surface area (Å²) in [6, 6.07) is 7.90. The first-order valence-corrected chi connectivity index (χ1v) is 4.97. The van der Waals surface area contributed by atoms with Crippen LogP contribution in [0.4, 0.5) is 10.5 Å². The molecule has 0 saturated heterocycles. The second-order valence-electron chi connectivity index (χ2n) is 3.58. The zero-order valence-corrected chi connectivity index (χ0v) is 8.27. The zero-order valence-electron chi connectivity index (χ0n) is 8.27. The van der Waals surface area contributed by atoms with Crippen LogP contribution < -0.4 is 5.32 Å². The number of hydrogen-bond donors (Lipinski definition) is 2. The molecule has 0 fully saturated rings. The van der Waals surface area contributed by atoms with E-state index < -0.39 is 6.16 Å². The molecule has 4 nitrogen and oxygen atoms in total. The number of anilines is 1. The van der Waals surface area contributed by atoms with E-state index in [1.165, 1.54) is 0 Å². The summed E-state index contributed by atoms with van der Waals surface area (Å²) < 4.78 is 4.80. The van der Waals surface area contributed by atoms with Crippen molar-refractivity contribution in [1.82, 2.24) is 0 Å². The van der Waals surface area contributed by atoms with Gasteiger partial charge in [0.1, 0.15) is 6.10 Å². The van der Waals surface area contributed by atoms with Crippen LogP contribution in [0.3, 0.4) is 0 Å². The van der Waals surface area contributed by atoms with Gasteiger partial charge in [-0.25, -0.2) is 4.79 Å². The topological polar surface area (TPSA) is 58.6 Å². The summed E-state index contributed by atoms with van der Waals surface area (Å²) in [5, 5.41) is 11.8. The molecule has 4 heteroatoms. The van der Waals surface area contributed by atoms with Gasteiger partial charge < -0.3 is 15.2 Å². The van der Waals surface area contributed by atoms with Crippen molar-refractivity contribution in [3.63, 3.8) is 0 Å². The standard InChI is InChI=1S/C11H13NO3/c13-11(14)15-9-5-6-12-10-4-2-1-3-8(10)7-9/h1-4,9,12H,5-7H2,(H,13,14). The molecule has 1 heterocycles. The molecule has 0 saturated carbocycles. The van der Waals surface area contributed by atoms with E-state index in [4.69, 9.17) is 9.84 Å². The third kappa shape index (κ3) is 2.40. The summed E-state index contributed by atoms with van der Waals surface area (Å²) in [6.45, 7) is 0.745. The number of nitrogens with one attached hydrogen (secondary N) is 1. The molecule has 1 atom stereocenters. The van der Waals surface area contributed by atoms with Gasteiger partial charge in [0.2, 0.25) is 0 Å². The van der Waals surface area contributed by atoms with Crippen molar-refractivity contribution in [1.29, 1.82) is 0 Å². The van der Waals surface area contributed by atoms with Crippen LogP contribution in [-0.2, 0) is 11.2 Å². The Labute approximate surface area is 87.9 Å². The highest BCUT2D eigenvalue weighted by Gasteiger charge is 2.18. The van der Waals surface area contributed by atoms with Crippen LogP contribution in [0, 0.1) is 0 Å². The summed E-state index contributed by atoms with van der Waals surface area (Å²) in [4.78, 5) is 10.4. The van der Waals surface area contributed by atoms with Crippen molar-refractivity contribution in [3.8, 4) is 0 Å². The number of carboxylic acid groups (broad SMARTS) is 1. The average molecular weight is 207 g/mol. The van der Waals surface area contributed by atoms with Gasteiger partial charge in [-0.3, -0.25) is 0 Å². The number of hydrogen-bond acceptors (Lipinski definition) is 3. The van der Waals surface area contributed by atoms with E-state index in [0.29, 0.717) is 12.8 Å². The Morgan fingerprint density at radius 1 is 1.47 bits per heavy atom. The van der Waals surface area contributed by atoms with Gasteiger partial charge in [0.15, 0.2) is 0 Å². The van der Waals surface area contributed by atoms with Crippen LogP contribution in [0.2, 0.25) is 0 Å². The number of ether oxygens (including phenoxy) is 1. The minimum atomic E-state index is -1.20. The highest BCUT2D eigenvalue weighted by Crippen LogP contribution is 2.22. The Morgan fingerprint density at radius 3 is 3.07 bits per heavy atom. The lowest BCUT2D eigenvalue weighted by molar-refractivity contribution is 0.0504. The van der Waals surface area contributed by atoms with Gasteiger partial charge in [0, 0.05) is 25.1 Å². The van der Waals surface area contributed by atoms with Crippen molar-refractivity contribution < 1.29 is 14.6 Å². The number of fused-ring (bicyclic) bond motifs is 1. The molecule has 80 valence electrons. The first-order chi connectivity index (χ1) is 7.25. The van der Waals surface area contributed by atoms with Gasteiger partial charge in [0.25, 0.3) is 0 Å². The zero-order chi connectivity index (χ0) is 10.7.